The lowest BCUT2D eigenvalue weighted by atomic mass is 9.89. The third-order valence-electron chi connectivity index (χ3n) is 9.96. The minimum Gasteiger partial charge on any atom is -0.507 e. The van der Waals surface area contributed by atoms with E-state index in [-0.39, 0.29) is 5.92 Å². The van der Waals surface area contributed by atoms with Crippen molar-refractivity contribution in [2.24, 2.45) is 0 Å². The van der Waals surface area contributed by atoms with Crippen LogP contribution in [0.5, 0.6) is 5.75 Å². The van der Waals surface area contributed by atoms with Gasteiger partial charge in [0, 0.05) is 39.3 Å². The van der Waals surface area contributed by atoms with E-state index < -0.39 is 0 Å². The van der Waals surface area contributed by atoms with Crippen molar-refractivity contribution in [3.05, 3.63) is 169 Å². The molecule has 4 heteroatoms. The van der Waals surface area contributed by atoms with E-state index in [1.165, 1.54) is 5.56 Å². The molecule has 0 atom stereocenters. The second-order valence-corrected chi connectivity index (χ2v) is 14.0. The van der Waals surface area contributed by atoms with Gasteiger partial charge in [0.25, 0.3) is 0 Å². The Morgan fingerprint density at radius 2 is 1.23 bits per heavy atom. The quantitative estimate of drug-likeness (QED) is 0.174. The van der Waals surface area contributed by atoms with E-state index in [9.17, 15) is 5.11 Å². The van der Waals surface area contributed by atoms with E-state index in [1.54, 1.807) is 0 Å². The molecule has 0 aliphatic heterocycles. The SMILES string of the molecule is CC(C)c1cc(-c2nc(-c3cccc(N(c4cccc5ccccc45)c4nccc5ccccc45)c3)ccc2-c2ccccc2)c(O)c(C(C)C)c1. The van der Waals surface area contributed by atoms with Crippen LogP contribution in [0.3, 0.4) is 0 Å². The number of aromatic hydroxyl groups is 1. The molecule has 0 amide bonds. The summed E-state index contributed by atoms with van der Waals surface area (Å²) in [6, 6.07) is 52.7. The summed E-state index contributed by atoms with van der Waals surface area (Å²) in [6.07, 6.45) is 1.89. The highest BCUT2D eigenvalue weighted by Crippen LogP contribution is 2.44. The molecule has 0 saturated carbocycles. The van der Waals surface area contributed by atoms with Crippen LogP contribution < -0.4 is 4.90 Å². The van der Waals surface area contributed by atoms with E-state index in [0.29, 0.717) is 11.7 Å². The fourth-order valence-corrected chi connectivity index (χ4v) is 7.17. The van der Waals surface area contributed by atoms with Gasteiger partial charge in [-0.05, 0) is 75.7 Å². The first-order chi connectivity index (χ1) is 25.4. The van der Waals surface area contributed by atoms with Gasteiger partial charge in [-0.2, -0.15) is 0 Å². The summed E-state index contributed by atoms with van der Waals surface area (Å²) in [5.41, 5.74) is 9.46. The van der Waals surface area contributed by atoms with Crippen molar-refractivity contribution in [1.82, 2.24) is 9.97 Å². The first-order valence-corrected chi connectivity index (χ1v) is 18.0. The van der Waals surface area contributed by atoms with Crippen LogP contribution in [-0.4, -0.2) is 15.1 Å². The number of fused-ring (bicyclic) bond motifs is 2. The molecule has 2 heterocycles. The van der Waals surface area contributed by atoms with Crippen LogP contribution in [0.25, 0.3) is 55.2 Å². The molecule has 0 aliphatic carbocycles. The molecule has 8 aromatic rings. The number of benzene rings is 6. The van der Waals surface area contributed by atoms with Crippen LogP contribution in [0.1, 0.15) is 50.7 Å². The number of pyridine rings is 2. The molecule has 0 radical (unpaired) electrons. The third-order valence-corrected chi connectivity index (χ3v) is 9.96. The minimum absolute atomic E-state index is 0.153. The molecule has 8 rings (SSSR count). The van der Waals surface area contributed by atoms with Crippen LogP contribution in [0.2, 0.25) is 0 Å². The van der Waals surface area contributed by atoms with Gasteiger partial charge < -0.3 is 5.11 Å². The molecule has 0 fully saturated rings. The average molecular weight is 676 g/mol. The van der Waals surface area contributed by atoms with Gasteiger partial charge in [-0.3, -0.25) is 4.90 Å². The second kappa shape index (κ2) is 13.8. The Labute approximate surface area is 305 Å². The number of hydrogen-bond donors (Lipinski definition) is 1. The van der Waals surface area contributed by atoms with E-state index >= 15 is 0 Å². The highest BCUT2D eigenvalue weighted by molar-refractivity contribution is 6.03. The van der Waals surface area contributed by atoms with Gasteiger partial charge in [0.05, 0.1) is 17.1 Å². The third kappa shape index (κ3) is 6.07. The minimum atomic E-state index is 0.153. The summed E-state index contributed by atoms with van der Waals surface area (Å²) in [5.74, 6) is 1.59. The first-order valence-electron chi connectivity index (χ1n) is 18.0. The highest BCUT2D eigenvalue weighted by atomic mass is 16.3. The smallest absolute Gasteiger partial charge is 0.145 e. The number of nitrogens with zero attached hydrogens (tertiary/aromatic N) is 3. The van der Waals surface area contributed by atoms with E-state index in [1.807, 2.05) is 24.4 Å². The molecule has 52 heavy (non-hydrogen) atoms. The molecule has 1 N–H and O–H groups in total. The fraction of sp³-hybridized carbons (Fsp3) is 0.125. The molecular formula is C48H41N3O. The number of aromatic nitrogens is 2. The summed E-state index contributed by atoms with van der Waals surface area (Å²) in [5, 5.41) is 16.3. The van der Waals surface area contributed by atoms with Crippen LogP contribution in [-0.2, 0) is 0 Å². The van der Waals surface area contributed by atoms with Crippen LogP contribution in [0.15, 0.2) is 158 Å². The molecule has 0 unspecified atom stereocenters. The molecular weight excluding hydrogens is 635 g/mol. The maximum Gasteiger partial charge on any atom is 0.145 e. The molecule has 0 aliphatic rings. The summed E-state index contributed by atoms with van der Waals surface area (Å²) in [4.78, 5) is 12.7. The number of phenolic OH excluding ortho intramolecular Hbond substituents is 1. The van der Waals surface area contributed by atoms with Gasteiger partial charge in [0.2, 0.25) is 0 Å². The topological polar surface area (TPSA) is 49.2 Å². The zero-order valence-corrected chi connectivity index (χ0v) is 30.0. The van der Waals surface area contributed by atoms with Crippen LogP contribution in [0.4, 0.5) is 17.2 Å². The predicted octanol–water partition coefficient (Wildman–Crippen LogP) is 13.2. The summed E-state index contributed by atoms with van der Waals surface area (Å²) >= 11 is 0. The van der Waals surface area contributed by atoms with Crippen molar-refractivity contribution < 1.29 is 5.11 Å². The lowest BCUT2D eigenvalue weighted by Crippen LogP contribution is -2.12. The zero-order valence-electron chi connectivity index (χ0n) is 30.0. The lowest BCUT2D eigenvalue weighted by molar-refractivity contribution is 0.466. The highest BCUT2D eigenvalue weighted by Gasteiger charge is 2.22. The number of anilines is 3. The van der Waals surface area contributed by atoms with Crippen molar-refractivity contribution in [2.45, 2.75) is 39.5 Å². The fourth-order valence-electron chi connectivity index (χ4n) is 7.17. The van der Waals surface area contributed by atoms with E-state index in [2.05, 4.69) is 166 Å². The van der Waals surface area contributed by atoms with Crippen molar-refractivity contribution in [3.8, 4) is 39.4 Å². The van der Waals surface area contributed by atoms with Gasteiger partial charge in [-0.25, -0.2) is 9.97 Å². The standard InChI is InChI=1S/C48H41N3O/c1-31(2)37-29-42(32(3)4)47(52)43(30-37)46-40(34-14-6-5-7-15-34)24-25-44(50-46)36-19-12-20-38(28-36)51(45-23-13-18-33-16-8-10-21-39(33)45)48-41-22-11-9-17-35(41)26-27-49-48/h5-32,52H,1-4H3. The monoisotopic (exact) mass is 675 g/mol. The Bertz CT molecular complexity index is 2470. The van der Waals surface area contributed by atoms with Crippen molar-refractivity contribution in [3.63, 3.8) is 0 Å². The molecule has 2 aromatic heterocycles. The van der Waals surface area contributed by atoms with Gasteiger partial charge >= 0.3 is 0 Å². The normalized spacial score (nSPS) is 11.5. The average Bonchev–Trinajstić information content (AvgIpc) is 3.18. The Morgan fingerprint density at radius 1 is 0.558 bits per heavy atom. The summed E-state index contributed by atoms with van der Waals surface area (Å²) in [6.45, 7) is 8.65. The Morgan fingerprint density at radius 3 is 2.00 bits per heavy atom. The maximum atomic E-state index is 11.8. The predicted molar refractivity (Wildman–Crippen MR) is 218 cm³/mol. The van der Waals surface area contributed by atoms with Crippen molar-refractivity contribution in [2.75, 3.05) is 4.90 Å². The maximum absolute atomic E-state index is 11.8. The first kappa shape index (κ1) is 32.9. The largest absolute Gasteiger partial charge is 0.507 e. The zero-order chi connectivity index (χ0) is 35.8. The molecule has 4 nitrogen and oxygen atoms in total. The molecule has 6 aromatic carbocycles. The van der Waals surface area contributed by atoms with Crippen molar-refractivity contribution >= 4 is 38.7 Å². The van der Waals surface area contributed by atoms with Gasteiger partial charge in [0.15, 0.2) is 0 Å². The molecule has 254 valence electrons. The van der Waals surface area contributed by atoms with Crippen molar-refractivity contribution in [1.29, 1.82) is 0 Å². The molecule has 0 bridgehead atoms. The molecule has 0 saturated heterocycles. The number of hydrogen-bond acceptors (Lipinski definition) is 4. The number of rotatable bonds is 8. The molecule has 0 spiro atoms. The van der Waals surface area contributed by atoms with Crippen LogP contribution in [0, 0.1) is 0 Å². The Hall–Kier alpha value is -6.26. The summed E-state index contributed by atoms with van der Waals surface area (Å²) in [7, 11) is 0. The second-order valence-electron chi connectivity index (χ2n) is 14.0. The summed E-state index contributed by atoms with van der Waals surface area (Å²) < 4.78 is 0. The lowest BCUT2D eigenvalue weighted by Gasteiger charge is -2.27. The Kier molecular flexibility index (Phi) is 8.74. The van der Waals surface area contributed by atoms with Gasteiger partial charge in [-0.1, -0.05) is 143 Å². The van der Waals surface area contributed by atoms with E-state index in [0.717, 1.165) is 77.9 Å². The van der Waals surface area contributed by atoms with Crippen LogP contribution >= 0.6 is 0 Å². The van der Waals surface area contributed by atoms with Gasteiger partial charge in [0.1, 0.15) is 11.6 Å². The van der Waals surface area contributed by atoms with E-state index in [4.69, 9.17) is 9.97 Å². The number of phenols is 1. The van der Waals surface area contributed by atoms with Gasteiger partial charge in [-0.15, -0.1) is 0 Å². The Balaban J connectivity index is 1.35.